The second-order valence-corrected chi connectivity index (χ2v) is 3.69. The Labute approximate surface area is 89.6 Å². The van der Waals surface area contributed by atoms with Crippen molar-refractivity contribution in [2.24, 2.45) is 0 Å². The first-order chi connectivity index (χ1) is 7.33. The molecule has 2 rings (SSSR count). The molecule has 15 heavy (non-hydrogen) atoms. The Bertz CT molecular complexity index is 382. The Morgan fingerprint density at radius 1 is 1.53 bits per heavy atom. The van der Waals surface area contributed by atoms with Gasteiger partial charge < -0.3 is 4.74 Å². The molecule has 1 aliphatic heterocycles. The molecular formula is C13H14O2. The van der Waals surface area contributed by atoms with Crippen LogP contribution in [0.2, 0.25) is 0 Å². The normalized spacial score (nSPS) is 18.8. The third kappa shape index (κ3) is 1.94. The molecule has 1 aromatic rings. The molecule has 0 bridgehead atoms. The summed E-state index contributed by atoms with van der Waals surface area (Å²) in [5, 5.41) is 0. The number of hydrogen-bond acceptors (Lipinski definition) is 2. The van der Waals surface area contributed by atoms with Crippen molar-refractivity contribution in [1.82, 2.24) is 0 Å². The number of fused-ring (bicyclic) bond motifs is 1. The second kappa shape index (κ2) is 4.30. The minimum absolute atomic E-state index is 0.00653. The van der Waals surface area contributed by atoms with Crippen molar-refractivity contribution < 1.29 is 9.53 Å². The van der Waals surface area contributed by atoms with E-state index in [2.05, 4.69) is 6.58 Å². The van der Waals surface area contributed by atoms with Gasteiger partial charge in [0.1, 0.15) is 11.5 Å². The fourth-order valence-electron chi connectivity index (χ4n) is 1.96. The van der Waals surface area contributed by atoms with Crippen molar-refractivity contribution in [1.29, 1.82) is 0 Å². The van der Waals surface area contributed by atoms with Gasteiger partial charge in [0, 0.05) is 17.9 Å². The summed E-state index contributed by atoms with van der Waals surface area (Å²) in [7, 11) is 0. The minimum Gasteiger partial charge on any atom is -0.493 e. The summed E-state index contributed by atoms with van der Waals surface area (Å²) in [5.41, 5.74) is 1.02. The molecule has 0 fully saturated rings. The maximum atomic E-state index is 11.8. The zero-order valence-electron chi connectivity index (χ0n) is 8.61. The highest BCUT2D eigenvalue weighted by Gasteiger charge is 2.25. The van der Waals surface area contributed by atoms with E-state index in [1.54, 1.807) is 6.08 Å². The van der Waals surface area contributed by atoms with Gasteiger partial charge >= 0.3 is 0 Å². The van der Waals surface area contributed by atoms with E-state index in [0.29, 0.717) is 13.0 Å². The molecule has 1 atom stereocenters. The second-order valence-electron chi connectivity index (χ2n) is 3.69. The third-order valence-electron chi connectivity index (χ3n) is 2.69. The molecule has 1 aromatic carbocycles. The van der Waals surface area contributed by atoms with Gasteiger partial charge in [-0.1, -0.05) is 24.3 Å². The minimum atomic E-state index is -0.00653. The highest BCUT2D eigenvalue weighted by atomic mass is 16.5. The zero-order valence-corrected chi connectivity index (χ0v) is 8.61. The van der Waals surface area contributed by atoms with Crippen molar-refractivity contribution in [2.45, 2.75) is 18.8 Å². The fourth-order valence-corrected chi connectivity index (χ4v) is 1.96. The zero-order chi connectivity index (χ0) is 10.7. The van der Waals surface area contributed by atoms with Crippen LogP contribution >= 0.6 is 0 Å². The van der Waals surface area contributed by atoms with Gasteiger partial charge in [-0.25, -0.2) is 0 Å². The Morgan fingerprint density at radius 2 is 2.33 bits per heavy atom. The molecule has 0 aromatic heterocycles. The monoisotopic (exact) mass is 202 g/mol. The van der Waals surface area contributed by atoms with E-state index in [9.17, 15) is 4.79 Å². The summed E-state index contributed by atoms with van der Waals surface area (Å²) in [6.07, 6.45) is 2.89. The molecule has 0 N–H and O–H groups in total. The number of ether oxygens (including phenoxy) is 1. The molecule has 1 aliphatic rings. The molecular weight excluding hydrogens is 188 g/mol. The van der Waals surface area contributed by atoms with Gasteiger partial charge in [-0.15, -0.1) is 6.58 Å². The van der Waals surface area contributed by atoms with Crippen LogP contribution in [-0.2, 0) is 4.79 Å². The lowest BCUT2D eigenvalue weighted by molar-refractivity contribution is -0.120. The molecule has 0 radical (unpaired) electrons. The number of benzene rings is 1. The van der Waals surface area contributed by atoms with Gasteiger partial charge in [0.2, 0.25) is 0 Å². The van der Waals surface area contributed by atoms with Crippen molar-refractivity contribution in [3.05, 3.63) is 42.5 Å². The van der Waals surface area contributed by atoms with Gasteiger partial charge in [-0.2, -0.15) is 0 Å². The average molecular weight is 202 g/mol. The van der Waals surface area contributed by atoms with Gasteiger partial charge in [-0.05, 0) is 12.5 Å². The number of allylic oxidation sites excluding steroid dienone is 1. The number of rotatable bonds is 3. The smallest absolute Gasteiger partial charge is 0.144 e. The maximum absolute atomic E-state index is 11.8. The molecule has 0 amide bonds. The molecule has 78 valence electrons. The van der Waals surface area contributed by atoms with E-state index in [4.69, 9.17) is 4.74 Å². The van der Waals surface area contributed by atoms with E-state index in [1.165, 1.54) is 0 Å². The number of carbonyl (C=O) groups excluding carboxylic acids is 1. The first kappa shape index (κ1) is 9.97. The summed E-state index contributed by atoms with van der Waals surface area (Å²) in [5.74, 6) is 1.08. The number of hydrogen-bond donors (Lipinski definition) is 0. The Morgan fingerprint density at radius 3 is 3.13 bits per heavy atom. The standard InChI is InChI=1S/C13H14O2/c1-2-5-12(14)10-8-9-15-13-7-4-3-6-11(10)13/h2-4,6-7,10H,1,5,8-9H2. The Hall–Kier alpha value is -1.57. The highest BCUT2D eigenvalue weighted by molar-refractivity contribution is 5.87. The quantitative estimate of drug-likeness (QED) is 0.704. The Balaban J connectivity index is 2.29. The first-order valence-corrected chi connectivity index (χ1v) is 5.18. The van der Waals surface area contributed by atoms with E-state index < -0.39 is 0 Å². The lowest BCUT2D eigenvalue weighted by Gasteiger charge is -2.24. The first-order valence-electron chi connectivity index (χ1n) is 5.18. The average Bonchev–Trinajstić information content (AvgIpc) is 2.28. The van der Waals surface area contributed by atoms with E-state index in [1.807, 2.05) is 24.3 Å². The topological polar surface area (TPSA) is 26.3 Å². The summed E-state index contributed by atoms with van der Waals surface area (Å²) >= 11 is 0. The Kier molecular flexibility index (Phi) is 2.86. The van der Waals surface area contributed by atoms with Crippen LogP contribution in [0.25, 0.3) is 0 Å². The third-order valence-corrected chi connectivity index (χ3v) is 2.69. The van der Waals surface area contributed by atoms with Crippen LogP contribution in [0.15, 0.2) is 36.9 Å². The lowest BCUT2D eigenvalue weighted by Crippen LogP contribution is -2.20. The summed E-state index contributed by atoms with van der Waals surface area (Å²) in [6, 6.07) is 7.77. The predicted molar refractivity (Wildman–Crippen MR) is 59.1 cm³/mol. The van der Waals surface area contributed by atoms with Gasteiger partial charge in [-0.3, -0.25) is 4.79 Å². The maximum Gasteiger partial charge on any atom is 0.144 e. The molecule has 2 heteroatoms. The van der Waals surface area contributed by atoms with Crippen LogP contribution in [0.3, 0.4) is 0 Å². The number of para-hydroxylation sites is 1. The van der Waals surface area contributed by atoms with E-state index in [-0.39, 0.29) is 11.7 Å². The summed E-state index contributed by atoms with van der Waals surface area (Å²) < 4.78 is 5.50. The van der Waals surface area contributed by atoms with E-state index >= 15 is 0 Å². The number of Topliss-reactive ketones (excluding diaryl/α,β-unsaturated/α-hetero) is 1. The molecule has 0 aliphatic carbocycles. The number of ketones is 1. The van der Waals surface area contributed by atoms with Crippen LogP contribution in [0.1, 0.15) is 24.3 Å². The van der Waals surface area contributed by atoms with Crippen molar-refractivity contribution in [2.75, 3.05) is 6.61 Å². The van der Waals surface area contributed by atoms with Crippen molar-refractivity contribution in [3.8, 4) is 5.75 Å². The predicted octanol–water partition coefficient (Wildman–Crippen LogP) is 2.70. The summed E-state index contributed by atoms with van der Waals surface area (Å²) in [6.45, 7) is 4.23. The lowest BCUT2D eigenvalue weighted by atomic mass is 9.88. The molecule has 1 unspecified atom stereocenters. The molecule has 2 nitrogen and oxygen atoms in total. The van der Waals surface area contributed by atoms with E-state index in [0.717, 1.165) is 17.7 Å². The SMILES string of the molecule is C=CCC(=O)C1CCOc2ccccc21. The van der Waals surface area contributed by atoms with Crippen LogP contribution in [0, 0.1) is 0 Å². The van der Waals surface area contributed by atoms with Crippen LogP contribution in [-0.4, -0.2) is 12.4 Å². The largest absolute Gasteiger partial charge is 0.493 e. The molecule has 0 spiro atoms. The van der Waals surface area contributed by atoms with Crippen LogP contribution in [0.5, 0.6) is 5.75 Å². The molecule has 1 heterocycles. The van der Waals surface area contributed by atoms with Gasteiger partial charge in [0.05, 0.1) is 6.61 Å². The molecule has 0 saturated heterocycles. The number of carbonyl (C=O) groups is 1. The highest BCUT2D eigenvalue weighted by Crippen LogP contribution is 2.34. The van der Waals surface area contributed by atoms with Gasteiger partial charge in [0.15, 0.2) is 0 Å². The molecule has 0 saturated carbocycles. The van der Waals surface area contributed by atoms with Crippen molar-refractivity contribution in [3.63, 3.8) is 0 Å². The fraction of sp³-hybridized carbons (Fsp3) is 0.308. The van der Waals surface area contributed by atoms with Crippen molar-refractivity contribution >= 4 is 5.78 Å². The summed E-state index contributed by atoms with van der Waals surface area (Å²) in [4.78, 5) is 11.8. The van der Waals surface area contributed by atoms with Crippen LogP contribution < -0.4 is 4.74 Å². The van der Waals surface area contributed by atoms with Crippen LogP contribution in [0.4, 0.5) is 0 Å². The van der Waals surface area contributed by atoms with Gasteiger partial charge in [0.25, 0.3) is 0 Å².